The number of hydrogen-bond acceptors (Lipinski definition) is 4. The zero-order valence-corrected chi connectivity index (χ0v) is 15.9. The smallest absolute Gasteiger partial charge is 0.409 e. The van der Waals surface area contributed by atoms with E-state index in [1.807, 2.05) is 11.8 Å². The Morgan fingerprint density at radius 3 is 2.59 bits per heavy atom. The molecular weight excluding hydrogens is 352 g/mol. The molecular formula is C20H29F2N3O2. The number of anilines is 1. The highest BCUT2D eigenvalue weighted by Gasteiger charge is 2.26. The Bertz CT molecular complexity index is 636. The monoisotopic (exact) mass is 381 g/mol. The second-order valence-electron chi connectivity index (χ2n) is 7.36. The van der Waals surface area contributed by atoms with Crippen LogP contribution in [0, 0.1) is 11.6 Å². The molecule has 1 atom stereocenters. The molecule has 2 saturated heterocycles. The van der Waals surface area contributed by atoms with Crippen molar-refractivity contribution in [1.82, 2.24) is 10.2 Å². The first-order valence-corrected chi connectivity index (χ1v) is 9.94. The summed E-state index contributed by atoms with van der Waals surface area (Å²) < 4.78 is 31.7. The van der Waals surface area contributed by atoms with Crippen LogP contribution in [0.3, 0.4) is 0 Å². The van der Waals surface area contributed by atoms with Crippen molar-refractivity contribution in [1.29, 1.82) is 0 Å². The summed E-state index contributed by atoms with van der Waals surface area (Å²) >= 11 is 0. The van der Waals surface area contributed by atoms with Gasteiger partial charge in [0.1, 0.15) is 0 Å². The minimum atomic E-state index is -0.810. The molecule has 2 fully saturated rings. The lowest BCUT2D eigenvalue weighted by Gasteiger charge is -2.36. The van der Waals surface area contributed by atoms with Gasteiger partial charge in [-0.15, -0.1) is 0 Å². The fraction of sp³-hybridized carbons (Fsp3) is 0.650. The van der Waals surface area contributed by atoms with Gasteiger partial charge in [-0.25, -0.2) is 13.6 Å². The number of hydrogen-bond donors (Lipinski definition) is 1. The van der Waals surface area contributed by atoms with Gasteiger partial charge in [0.2, 0.25) is 0 Å². The molecule has 0 spiro atoms. The Morgan fingerprint density at radius 2 is 1.89 bits per heavy atom. The molecule has 2 heterocycles. The predicted octanol–water partition coefficient (Wildman–Crippen LogP) is 3.53. The number of nitrogens with zero attached hydrogens (tertiary/aromatic N) is 2. The first kappa shape index (κ1) is 19.9. The highest BCUT2D eigenvalue weighted by atomic mass is 19.2. The van der Waals surface area contributed by atoms with E-state index in [4.69, 9.17) is 4.74 Å². The largest absolute Gasteiger partial charge is 0.450 e. The van der Waals surface area contributed by atoms with Gasteiger partial charge < -0.3 is 19.9 Å². The normalized spacial score (nSPS) is 21.8. The minimum Gasteiger partial charge on any atom is -0.450 e. The first-order chi connectivity index (χ1) is 13.1. The van der Waals surface area contributed by atoms with Crippen molar-refractivity contribution < 1.29 is 18.3 Å². The Morgan fingerprint density at radius 1 is 1.11 bits per heavy atom. The van der Waals surface area contributed by atoms with E-state index in [0.29, 0.717) is 19.2 Å². The summed E-state index contributed by atoms with van der Waals surface area (Å²) in [5, 5.41) is 3.71. The molecule has 150 valence electrons. The number of amides is 1. The van der Waals surface area contributed by atoms with E-state index in [-0.39, 0.29) is 12.1 Å². The third-order valence-corrected chi connectivity index (χ3v) is 5.43. The summed E-state index contributed by atoms with van der Waals surface area (Å²) in [6.07, 6.45) is 4.81. The molecule has 2 aliphatic heterocycles. The van der Waals surface area contributed by atoms with Gasteiger partial charge >= 0.3 is 6.09 Å². The molecule has 7 heteroatoms. The van der Waals surface area contributed by atoms with Crippen molar-refractivity contribution in [3.8, 4) is 0 Å². The summed E-state index contributed by atoms with van der Waals surface area (Å²) in [6.45, 7) is 5.27. The van der Waals surface area contributed by atoms with E-state index in [1.54, 1.807) is 6.07 Å². The SMILES string of the molecule is CCOC(=O)N1CCCCC(NC2CCN(c3ccc(F)c(F)c3)CC2)C1. The van der Waals surface area contributed by atoms with Crippen LogP contribution in [0.15, 0.2) is 18.2 Å². The zero-order chi connectivity index (χ0) is 19.2. The van der Waals surface area contributed by atoms with Crippen molar-refractivity contribution in [2.45, 2.75) is 51.1 Å². The summed E-state index contributed by atoms with van der Waals surface area (Å²) in [7, 11) is 0. The van der Waals surface area contributed by atoms with Crippen molar-refractivity contribution in [2.75, 3.05) is 37.7 Å². The maximum Gasteiger partial charge on any atom is 0.409 e. The Balaban J connectivity index is 1.50. The second kappa shape index (κ2) is 9.35. The molecule has 1 aromatic carbocycles. The molecule has 0 bridgehead atoms. The number of carbonyl (C=O) groups excluding carboxylic acids is 1. The number of benzene rings is 1. The van der Waals surface area contributed by atoms with E-state index in [1.165, 1.54) is 12.1 Å². The van der Waals surface area contributed by atoms with Gasteiger partial charge in [0.15, 0.2) is 11.6 Å². The summed E-state index contributed by atoms with van der Waals surface area (Å²) in [5.41, 5.74) is 0.732. The molecule has 0 saturated carbocycles. The quantitative estimate of drug-likeness (QED) is 0.867. The summed E-state index contributed by atoms with van der Waals surface area (Å²) in [4.78, 5) is 16.0. The Kier molecular flexibility index (Phi) is 6.88. The van der Waals surface area contributed by atoms with Crippen LogP contribution >= 0.6 is 0 Å². The van der Waals surface area contributed by atoms with Crippen LogP contribution in [0.1, 0.15) is 39.0 Å². The molecule has 27 heavy (non-hydrogen) atoms. The number of carbonyl (C=O) groups is 1. The third-order valence-electron chi connectivity index (χ3n) is 5.43. The summed E-state index contributed by atoms with van der Waals surface area (Å²) in [5.74, 6) is -1.61. The van der Waals surface area contributed by atoms with Crippen molar-refractivity contribution >= 4 is 11.8 Å². The Hall–Kier alpha value is -1.89. The molecule has 0 aromatic heterocycles. The van der Waals surface area contributed by atoms with E-state index in [9.17, 15) is 13.6 Å². The molecule has 1 aromatic rings. The van der Waals surface area contributed by atoms with Crippen LogP contribution in [-0.2, 0) is 4.74 Å². The molecule has 3 rings (SSSR count). The van der Waals surface area contributed by atoms with Gasteiger partial charge in [0.25, 0.3) is 0 Å². The van der Waals surface area contributed by atoms with Crippen LogP contribution in [0.4, 0.5) is 19.3 Å². The van der Waals surface area contributed by atoms with Gasteiger partial charge in [-0.05, 0) is 44.7 Å². The lowest BCUT2D eigenvalue weighted by atomic mass is 10.0. The van der Waals surface area contributed by atoms with Gasteiger partial charge in [-0.2, -0.15) is 0 Å². The maximum atomic E-state index is 13.5. The number of piperidine rings is 1. The van der Waals surface area contributed by atoms with Crippen LogP contribution in [0.2, 0.25) is 0 Å². The lowest BCUT2D eigenvalue weighted by molar-refractivity contribution is 0.105. The molecule has 1 amide bonds. The first-order valence-electron chi connectivity index (χ1n) is 9.94. The fourth-order valence-corrected chi connectivity index (χ4v) is 3.98. The number of halogens is 2. The van der Waals surface area contributed by atoms with Crippen molar-refractivity contribution in [3.63, 3.8) is 0 Å². The van der Waals surface area contributed by atoms with E-state index in [2.05, 4.69) is 10.2 Å². The number of nitrogens with one attached hydrogen (secondary N) is 1. The van der Waals surface area contributed by atoms with Gasteiger partial charge in [0, 0.05) is 50.0 Å². The van der Waals surface area contributed by atoms with Crippen LogP contribution in [-0.4, -0.2) is 55.9 Å². The number of ether oxygens (including phenoxy) is 1. The maximum absolute atomic E-state index is 13.5. The molecule has 0 aliphatic carbocycles. The third kappa shape index (κ3) is 5.31. The lowest BCUT2D eigenvalue weighted by Crippen LogP contribution is -2.50. The van der Waals surface area contributed by atoms with Gasteiger partial charge in [-0.1, -0.05) is 6.42 Å². The topological polar surface area (TPSA) is 44.8 Å². The van der Waals surface area contributed by atoms with Crippen molar-refractivity contribution in [2.24, 2.45) is 0 Å². The number of likely N-dealkylation sites (tertiary alicyclic amines) is 1. The fourth-order valence-electron chi connectivity index (χ4n) is 3.98. The minimum absolute atomic E-state index is 0.223. The number of rotatable bonds is 4. The second-order valence-corrected chi connectivity index (χ2v) is 7.36. The van der Waals surface area contributed by atoms with Crippen molar-refractivity contribution in [3.05, 3.63) is 29.8 Å². The van der Waals surface area contributed by atoms with Gasteiger partial charge in [0.05, 0.1) is 6.61 Å². The molecule has 5 nitrogen and oxygen atoms in total. The van der Waals surface area contributed by atoms with Crippen LogP contribution < -0.4 is 10.2 Å². The van der Waals surface area contributed by atoms with Gasteiger partial charge in [-0.3, -0.25) is 0 Å². The van der Waals surface area contributed by atoms with E-state index >= 15 is 0 Å². The standard InChI is InChI=1S/C20H29F2N3O2/c1-2-27-20(26)25-10-4-3-5-16(14-25)23-15-8-11-24(12-9-15)17-6-7-18(21)19(22)13-17/h6-7,13,15-16,23H,2-5,8-12,14H2,1H3. The average Bonchev–Trinajstić information content (AvgIpc) is 2.90. The molecule has 1 N–H and O–H groups in total. The highest BCUT2D eigenvalue weighted by molar-refractivity contribution is 5.67. The van der Waals surface area contributed by atoms with E-state index < -0.39 is 11.6 Å². The molecule has 2 aliphatic rings. The van der Waals surface area contributed by atoms with E-state index in [0.717, 1.165) is 57.4 Å². The van der Waals surface area contributed by atoms with Crippen LogP contribution in [0.25, 0.3) is 0 Å². The zero-order valence-electron chi connectivity index (χ0n) is 15.9. The average molecular weight is 381 g/mol. The predicted molar refractivity (Wildman–Crippen MR) is 101 cm³/mol. The Labute approximate surface area is 159 Å². The molecule has 1 unspecified atom stereocenters. The van der Waals surface area contributed by atoms with Crippen LogP contribution in [0.5, 0.6) is 0 Å². The molecule has 0 radical (unpaired) electrons. The highest BCUT2D eigenvalue weighted by Crippen LogP contribution is 2.23. The summed E-state index contributed by atoms with van der Waals surface area (Å²) in [6, 6.07) is 4.74.